The van der Waals surface area contributed by atoms with Crippen LogP contribution in [0.5, 0.6) is 0 Å². The molecule has 3 heteroatoms. The molecule has 2 aromatic carbocycles. The lowest BCUT2D eigenvalue weighted by molar-refractivity contribution is -0.154. The predicted molar refractivity (Wildman–Crippen MR) is 82.8 cm³/mol. The third-order valence-corrected chi connectivity index (χ3v) is 3.38. The Morgan fingerprint density at radius 3 is 2.20 bits per heavy atom. The molecule has 2 aromatic rings. The summed E-state index contributed by atoms with van der Waals surface area (Å²) in [6.45, 7) is 5.24. The van der Waals surface area contributed by atoms with Gasteiger partial charge in [-0.15, -0.1) is 0 Å². The maximum absolute atomic E-state index is 5.72. The lowest BCUT2D eigenvalue weighted by Crippen LogP contribution is -2.34. The Kier molecular flexibility index (Phi) is 5.53. The van der Waals surface area contributed by atoms with Crippen LogP contribution in [0, 0.1) is 0 Å². The molecule has 1 atom stereocenters. The average molecular weight is 273 g/mol. The molecular weight excluding hydrogens is 250 g/mol. The Hall–Kier alpha value is -1.42. The van der Waals surface area contributed by atoms with Gasteiger partial charge in [-0.05, 0) is 43.3 Å². The maximum Gasteiger partial charge on any atom is 0.176 e. The van der Waals surface area contributed by atoms with Gasteiger partial charge in [0, 0.05) is 13.2 Å². The van der Waals surface area contributed by atoms with Gasteiger partial charge in [-0.2, -0.15) is 0 Å². The summed E-state index contributed by atoms with van der Waals surface area (Å²) in [5.41, 5.74) is 1.18. The van der Waals surface area contributed by atoms with Crippen molar-refractivity contribution in [3.63, 3.8) is 0 Å². The second kappa shape index (κ2) is 7.39. The SMILES string of the molecule is CCOC(OCC)C(NC)c1ccc2ccccc2c1. The van der Waals surface area contributed by atoms with Crippen LogP contribution in [0.2, 0.25) is 0 Å². The highest BCUT2D eigenvalue weighted by molar-refractivity contribution is 5.83. The van der Waals surface area contributed by atoms with Crippen molar-refractivity contribution in [1.82, 2.24) is 5.32 Å². The van der Waals surface area contributed by atoms with Crippen LogP contribution in [-0.2, 0) is 9.47 Å². The van der Waals surface area contributed by atoms with Crippen molar-refractivity contribution in [2.24, 2.45) is 0 Å². The topological polar surface area (TPSA) is 30.5 Å². The van der Waals surface area contributed by atoms with Crippen molar-refractivity contribution in [2.45, 2.75) is 26.2 Å². The highest BCUT2D eigenvalue weighted by atomic mass is 16.7. The number of nitrogens with one attached hydrogen (secondary N) is 1. The van der Waals surface area contributed by atoms with E-state index in [1.165, 1.54) is 16.3 Å². The number of benzene rings is 2. The maximum atomic E-state index is 5.72. The van der Waals surface area contributed by atoms with Crippen molar-refractivity contribution in [3.05, 3.63) is 48.0 Å². The van der Waals surface area contributed by atoms with Gasteiger partial charge in [0.05, 0.1) is 6.04 Å². The first-order valence-electron chi connectivity index (χ1n) is 7.19. The molecule has 1 unspecified atom stereocenters. The van der Waals surface area contributed by atoms with E-state index < -0.39 is 0 Å². The average Bonchev–Trinajstić information content (AvgIpc) is 2.48. The van der Waals surface area contributed by atoms with Crippen molar-refractivity contribution in [3.8, 4) is 0 Å². The molecule has 0 heterocycles. The number of hydrogen-bond donors (Lipinski definition) is 1. The third kappa shape index (κ3) is 3.37. The first kappa shape index (κ1) is 15.0. The quantitative estimate of drug-likeness (QED) is 0.783. The predicted octanol–water partition coefficient (Wildman–Crippen LogP) is 3.50. The van der Waals surface area contributed by atoms with Crippen LogP contribution in [0.3, 0.4) is 0 Å². The van der Waals surface area contributed by atoms with E-state index in [0.29, 0.717) is 13.2 Å². The number of hydrogen-bond acceptors (Lipinski definition) is 3. The van der Waals surface area contributed by atoms with Crippen LogP contribution >= 0.6 is 0 Å². The van der Waals surface area contributed by atoms with Crippen LogP contribution in [-0.4, -0.2) is 26.6 Å². The molecule has 0 amide bonds. The summed E-state index contributed by atoms with van der Waals surface area (Å²) in [4.78, 5) is 0. The number of rotatable bonds is 7. The lowest BCUT2D eigenvalue weighted by Gasteiger charge is -2.27. The van der Waals surface area contributed by atoms with Crippen molar-refractivity contribution < 1.29 is 9.47 Å². The molecule has 0 saturated carbocycles. The molecule has 3 nitrogen and oxygen atoms in total. The molecule has 0 fully saturated rings. The molecule has 0 saturated heterocycles. The van der Waals surface area contributed by atoms with Crippen LogP contribution in [0.15, 0.2) is 42.5 Å². The van der Waals surface area contributed by atoms with Crippen LogP contribution in [0.25, 0.3) is 10.8 Å². The van der Waals surface area contributed by atoms with Gasteiger partial charge in [-0.1, -0.05) is 36.4 Å². The zero-order valence-corrected chi connectivity index (χ0v) is 12.4. The fourth-order valence-electron chi connectivity index (χ4n) is 2.43. The second-order valence-corrected chi connectivity index (χ2v) is 4.65. The molecule has 0 radical (unpaired) electrons. The van der Waals surface area contributed by atoms with E-state index in [9.17, 15) is 0 Å². The lowest BCUT2D eigenvalue weighted by atomic mass is 10.0. The van der Waals surface area contributed by atoms with E-state index in [1.807, 2.05) is 20.9 Å². The summed E-state index contributed by atoms with van der Waals surface area (Å²) in [6, 6.07) is 14.9. The summed E-state index contributed by atoms with van der Waals surface area (Å²) in [5, 5.41) is 5.78. The second-order valence-electron chi connectivity index (χ2n) is 4.65. The van der Waals surface area contributed by atoms with E-state index in [1.54, 1.807) is 0 Å². The molecule has 1 N–H and O–H groups in total. The van der Waals surface area contributed by atoms with Gasteiger partial charge >= 0.3 is 0 Å². The summed E-state index contributed by atoms with van der Waals surface area (Å²) in [6.07, 6.45) is -0.267. The number of fused-ring (bicyclic) bond motifs is 1. The summed E-state index contributed by atoms with van der Waals surface area (Å²) >= 11 is 0. The Balaban J connectivity index is 2.31. The van der Waals surface area contributed by atoms with Crippen molar-refractivity contribution in [1.29, 1.82) is 0 Å². The van der Waals surface area contributed by atoms with Gasteiger partial charge in [0.25, 0.3) is 0 Å². The van der Waals surface area contributed by atoms with Crippen LogP contribution < -0.4 is 5.32 Å². The summed E-state index contributed by atoms with van der Waals surface area (Å²) in [5.74, 6) is 0. The Bertz CT molecular complexity index is 535. The zero-order valence-electron chi connectivity index (χ0n) is 12.4. The van der Waals surface area contributed by atoms with Crippen molar-refractivity contribution in [2.75, 3.05) is 20.3 Å². The number of ether oxygens (including phenoxy) is 2. The molecule has 108 valence electrons. The molecule has 0 spiro atoms. The molecule has 0 aliphatic rings. The minimum Gasteiger partial charge on any atom is -0.351 e. The van der Waals surface area contributed by atoms with Gasteiger partial charge in [0.2, 0.25) is 0 Å². The fourth-order valence-corrected chi connectivity index (χ4v) is 2.43. The molecule has 0 bridgehead atoms. The van der Waals surface area contributed by atoms with E-state index in [0.717, 1.165) is 0 Å². The fraction of sp³-hybridized carbons (Fsp3) is 0.412. The molecule has 0 aliphatic carbocycles. The normalized spacial score (nSPS) is 13.0. The van der Waals surface area contributed by atoms with Crippen molar-refractivity contribution >= 4 is 10.8 Å². The first-order chi connectivity index (χ1) is 9.80. The summed E-state index contributed by atoms with van der Waals surface area (Å²) < 4.78 is 11.4. The monoisotopic (exact) mass is 273 g/mol. The molecule has 20 heavy (non-hydrogen) atoms. The Morgan fingerprint density at radius 2 is 1.60 bits per heavy atom. The highest BCUT2D eigenvalue weighted by Crippen LogP contribution is 2.24. The Morgan fingerprint density at radius 1 is 0.950 bits per heavy atom. The van der Waals surface area contributed by atoms with Gasteiger partial charge in [0.15, 0.2) is 6.29 Å². The van der Waals surface area contributed by atoms with Gasteiger partial charge in [0.1, 0.15) is 0 Å². The standard InChI is InChI=1S/C17H23NO2/c1-4-19-17(20-5-2)16(18-3)15-11-10-13-8-6-7-9-14(13)12-15/h6-12,16-18H,4-5H2,1-3H3. The summed E-state index contributed by atoms with van der Waals surface area (Å²) in [7, 11) is 1.94. The molecule has 0 aromatic heterocycles. The van der Waals surface area contributed by atoms with E-state index in [4.69, 9.17) is 9.47 Å². The Labute approximate surface area is 120 Å². The van der Waals surface area contributed by atoms with Crippen LogP contribution in [0.4, 0.5) is 0 Å². The zero-order chi connectivity index (χ0) is 14.4. The first-order valence-corrected chi connectivity index (χ1v) is 7.19. The molecule has 2 rings (SSSR count). The van der Waals surface area contributed by atoms with Gasteiger partial charge in [-0.25, -0.2) is 0 Å². The van der Waals surface area contributed by atoms with Crippen LogP contribution in [0.1, 0.15) is 25.5 Å². The minimum atomic E-state index is -0.267. The highest BCUT2D eigenvalue weighted by Gasteiger charge is 2.22. The van der Waals surface area contributed by atoms with Gasteiger partial charge in [-0.3, -0.25) is 0 Å². The smallest absolute Gasteiger partial charge is 0.176 e. The van der Waals surface area contributed by atoms with E-state index >= 15 is 0 Å². The third-order valence-electron chi connectivity index (χ3n) is 3.38. The molecular formula is C17H23NO2. The van der Waals surface area contributed by atoms with E-state index in [-0.39, 0.29) is 12.3 Å². The number of likely N-dealkylation sites (N-methyl/N-ethyl adjacent to an activating group) is 1. The molecule has 0 aliphatic heterocycles. The minimum absolute atomic E-state index is 0.0273. The largest absolute Gasteiger partial charge is 0.351 e. The van der Waals surface area contributed by atoms with Gasteiger partial charge < -0.3 is 14.8 Å². The van der Waals surface area contributed by atoms with E-state index in [2.05, 4.69) is 47.8 Å².